The standard InChI is InChI=1S/C29H30N4O2S2.C23H20INO2S2/c1-21-9-11-23(12-10-21)19-33(29-22(2)26-7-5-6-8-27(26)36-29)37(34,35)25-15-13-24(14-16-25)32-18-17-30-28(32)20-31(3)4;1-16-7-9-18(10-8-16)15-25(29(26,27)20-13-11-19(24)12-14-20)23-17(2)21-5-3-4-6-22(21)28-23/h5-18H,19-20H2,1-4H3;3-14H,15H2,1-2H3. The summed E-state index contributed by atoms with van der Waals surface area (Å²) in [6, 6.07) is 46.3. The molecule has 0 amide bonds. The van der Waals surface area contributed by atoms with Crippen LogP contribution in [0.5, 0.6) is 0 Å². The van der Waals surface area contributed by atoms with E-state index in [4.69, 9.17) is 0 Å². The van der Waals surface area contributed by atoms with Gasteiger partial charge in [-0.3, -0.25) is 8.61 Å². The molecule has 0 unspecified atom stereocenters. The first-order valence-electron chi connectivity index (χ1n) is 21.3. The molecule has 0 saturated heterocycles. The lowest BCUT2D eigenvalue weighted by Crippen LogP contribution is -2.30. The van der Waals surface area contributed by atoms with Crippen molar-refractivity contribution in [1.82, 2.24) is 14.5 Å². The zero-order valence-corrected chi connectivity index (χ0v) is 42.9. The molecule has 0 fully saturated rings. The maximum atomic E-state index is 14.2. The Balaban J connectivity index is 0.000000185. The van der Waals surface area contributed by atoms with Crippen LogP contribution >= 0.6 is 45.3 Å². The summed E-state index contributed by atoms with van der Waals surface area (Å²) in [5, 5.41) is 3.69. The number of hydrogen-bond acceptors (Lipinski definition) is 8. The van der Waals surface area contributed by atoms with Crippen molar-refractivity contribution in [2.75, 3.05) is 22.7 Å². The average molecular weight is 1060 g/mol. The Hall–Kier alpha value is -5.36. The molecular formula is C52H50IN5O4S4. The molecule has 3 heterocycles. The summed E-state index contributed by atoms with van der Waals surface area (Å²) >= 11 is 5.22. The SMILES string of the molecule is Cc1ccc(CN(c2sc3ccccc3c2C)S(=O)(=O)c2ccc(-n3ccnc3CN(C)C)cc2)cc1.Cc1ccc(CN(c2sc3ccccc3c2C)S(=O)(=O)c2ccc(I)cc2)cc1. The minimum atomic E-state index is -3.84. The van der Waals surface area contributed by atoms with E-state index in [1.54, 1.807) is 39.1 Å². The molecule has 0 radical (unpaired) electrons. The van der Waals surface area contributed by atoms with Crippen molar-refractivity contribution in [3.8, 4) is 5.69 Å². The summed E-state index contributed by atoms with van der Waals surface area (Å²) < 4.78 is 63.9. The van der Waals surface area contributed by atoms with E-state index in [1.165, 1.54) is 22.7 Å². The van der Waals surface area contributed by atoms with E-state index < -0.39 is 20.0 Å². The molecule has 338 valence electrons. The van der Waals surface area contributed by atoms with Gasteiger partial charge in [-0.25, -0.2) is 21.8 Å². The van der Waals surface area contributed by atoms with Crippen molar-refractivity contribution in [1.29, 1.82) is 0 Å². The molecule has 9 nitrogen and oxygen atoms in total. The lowest BCUT2D eigenvalue weighted by Gasteiger charge is -2.24. The molecule has 0 N–H and O–H groups in total. The van der Waals surface area contributed by atoms with Crippen molar-refractivity contribution in [3.05, 3.63) is 201 Å². The van der Waals surface area contributed by atoms with Crippen molar-refractivity contribution in [3.63, 3.8) is 0 Å². The van der Waals surface area contributed by atoms with Gasteiger partial charge in [-0.2, -0.15) is 0 Å². The molecule has 6 aromatic carbocycles. The number of aryl methyl sites for hydroxylation is 4. The van der Waals surface area contributed by atoms with Gasteiger partial charge >= 0.3 is 0 Å². The molecule has 9 rings (SSSR count). The Morgan fingerprint density at radius 1 is 0.545 bits per heavy atom. The lowest BCUT2D eigenvalue weighted by molar-refractivity contribution is 0.388. The fraction of sp³-hybridized carbons (Fsp3) is 0.173. The van der Waals surface area contributed by atoms with Gasteiger partial charge in [0.1, 0.15) is 15.8 Å². The molecule has 0 atom stereocenters. The van der Waals surface area contributed by atoms with Gasteiger partial charge in [0.15, 0.2) is 0 Å². The fourth-order valence-electron chi connectivity index (χ4n) is 7.66. The number of sulfonamides is 2. The van der Waals surface area contributed by atoms with E-state index in [0.717, 1.165) is 78.6 Å². The first-order chi connectivity index (χ1) is 31.6. The highest BCUT2D eigenvalue weighted by atomic mass is 127. The quantitative estimate of drug-likeness (QED) is 0.107. The van der Waals surface area contributed by atoms with Crippen LogP contribution in [0.2, 0.25) is 0 Å². The van der Waals surface area contributed by atoms with Gasteiger partial charge in [-0.15, -0.1) is 22.7 Å². The van der Waals surface area contributed by atoms with E-state index in [2.05, 4.69) is 27.6 Å². The minimum Gasteiger partial charge on any atom is -0.303 e. The Bertz CT molecular complexity index is 3350. The number of fused-ring (bicyclic) bond motifs is 2. The number of anilines is 2. The molecular weight excluding hydrogens is 1010 g/mol. The Kier molecular flexibility index (Phi) is 14.2. The van der Waals surface area contributed by atoms with Crippen molar-refractivity contribution in [2.45, 2.75) is 57.1 Å². The van der Waals surface area contributed by atoms with E-state index in [-0.39, 0.29) is 11.4 Å². The van der Waals surface area contributed by atoms with Crippen LogP contribution in [0, 0.1) is 31.3 Å². The molecule has 0 saturated carbocycles. The van der Waals surface area contributed by atoms with Crippen LogP contribution in [0.25, 0.3) is 25.9 Å². The smallest absolute Gasteiger partial charge is 0.265 e. The number of rotatable bonds is 13. The van der Waals surface area contributed by atoms with Gasteiger partial charge in [0.25, 0.3) is 20.0 Å². The van der Waals surface area contributed by atoms with Gasteiger partial charge in [0.2, 0.25) is 0 Å². The van der Waals surface area contributed by atoms with Crippen molar-refractivity contribution in [2.24, 2.45) is 0 Å². The predicted octanol–water partition coefficient (Wildman–Crippen LogP) is 12.7. The van der Waals surface area contributed by atoms with Crippen LogP contribution in [0.15, 0.2) is 168 Å². The summed E-state index contributed by atoms with van der Waals surface area (Å²) in [6.07, 6.45) is 3.66. The van der Waals surface area contributed by atoms with Crippen molar-refractivity contribution < 1.29 is 16.8 Å². The first kappa shape index (κ1) is 47.1. The normalized spacial score (nSPS) is 11.8. The van der Waals surface area contributed by atoms with E-state index in [9.17, 15) is 16.8 Å². The largest absolute Gasteiger partial charge is 0.303 e. The summed E-state index contributed by atoms with van der Waals surface area (Å²) in [5.41, 5.74) is 7.03. The zero-order chi connectivity index (χ0) is 46.8. The number of nitrogens with zero attached hydrogens (tertiary/aromatic N) is 5. The maximum Gasteiger partial charge on any atom is 0.265 e. The lowest BCUT2D eigenvalue weighted by atomic mass is 10.1. The van der Waals surface area contributed by atoms with Gasteiger partial charge in [0, 0.05) is 31.1 Å². The Morgan fingerprint density at radius 2 is 0.970 bits per heavy atom. The number of imidazole rings is 1. The van der Waals surface area contributed by atoms with Crippen LogP contribution in [0.4, 0.5) is 10.0 Å². The molecule has 66 heavy (non-hydrogen) atoms. The number of hydrogen-bond donors (Lipinski definition) is 0. The monoisotopic (exact) mass is 1060 g/mol. The molecule has 14 heteroatoms. The second-order valence-electron chi connectivity index (χ2n) is 16.5. The molecule has 0 bridgehead atoms. The summed E-state index contributed by atoms with van der Waals surface area (Å²) in [5.74, 6) is 0.891. The highest BCUT2D eigenvalue weighted by molar-refractivity contribution is 14.1. The Labute approximate surface area is 409 Å². The van der Waals surface area contributed by atoms with E-state index in [1.807, 2.05) is 179 Å². The first-order valence-corrected chi connectivity index (χ1v) is 26.8. The maximum absolute atomic E-state index is 14.2. The highest BCUT2D eigenvalue weighted by Gasteiger charge is 2.30. The third-order valence-corrected chi connectivity index (χ3v) is 18.3. The van der Waals surface area contributed by atoms with Crippen LogP contribution in [-0.2, 0) is 39.7 Å². The second-order valence-corrected chi connectivity index (χ2v) is 23.5. The molecule has 0 aliphatic heterocycles. The third-order valence-electron chi connectivity index (χ3n) is 11.3. The fourth-order valence-corrected chi connectivity index (χ4v) is 13.9. The van der Waals surface area contributed by atoms with Crippen LogP contribution < -0.4 is 8.61 Å². The summed E-state index contributed by atoms with van der Waals surface area (Å²) in [6.45, 7) is 9.29. The highest BCUT2D eigenvalue weighted by Crippen LogP contribution is 2.42. The van der Waals surface area contributed by atoms with Crippen LogP contribution in [0.3, 0.4) is 0 Å². The van der Waals surface area contributed by atoms with Crippen molar-refractivity contribution >= 4 is 95.5 Å². The predicted molar refractivity (Wildman–Crippen MR) is 282 cm³/mol. The van der Waals surface area contributed by atoms with Crippen LogP contribution in [0.1, 0.15) is 39.2 Å². The van der Waals surface area contributed by atoms with E-state index in [0.29, 0.717) is 18.0 Å². The molecule has 9 aromatic rings. The number of thiophene rings is 2. The zero-order valence-electron chi connectivity index (χ0n) is 37.5. The second kappa shape index (κ2) is 19.9. The molecule has 0 aliphatic rings. The number of halogens is 1. The number of aromatic nitrogens is 2. The Morgan fingerprint density at radius 3 is 1.39 bits per heavy atom. The molecule has 0 spiro atoms. The third kappa shape index (κ3) is 10.1. The number of benzene rings is 6. The average Bonchev–Trinajstić information content (AvgIpc) is 4.01. The molecule has 3 aromatic heterocycles. The minimum absolute atomic E-state index is 0.256. The van der Waals surface area contributed by atoms with Gasteiger partial charge < -0.3 is 9.47 Å². The molecule has 0 aliphatic carbocycles. The summed E-state index contributed by atoms with van der Waals surface area (Å²) in [4.78, 5) is 7.07. The van der Waals surface area contributed by atoms with E-state index >= 15 is 0 Å². The van der Waals surface area contributed by atoms with Crippen LogP contribution in [-0.4, -0.2) is 45.4 Å². The topological polar surface area (TPSA) is 95.8 Å². The van der Waals surface area contributed by atoms with Gasteiger partial charge in [-0.1, -0.05) is 96.1 Å². The van der Waals surface area contributed by atoms with Gasteiger partial charge in [0.05, 0.1) is 29.4 Å². The van der Waals surface area contributed by atoms with Gasteiger partial charge in [-0.05, 0) is 158 Å². The summed E-state index contributed by atoms with van der Waals surface area (Å²) in [7, 11) is -3.56.